The average molecular weight is 477 g/mol. The van der Waals surface area contributed by atoms with Crippen LogP contribution in [0.25, 0.3) is 0 Å². The molecule has 1 spiro atoms. The quantitative estimate of drug-likeness (QED) is 0.577. The van der Waals surface area contributed by atoms with Crippen LogP contribution in [-0.2, 0) is 21.7 Å². The van der Waals surface area contributed by atoms with E-state index in [1.54, 1.807) is 4.90 Å². The van der Waals surface area contributed by atoms with Crippen LogP contribution in [-0.4, -0.2) is 53.6 Å². The van der Waals surface area contributed by atoms with Crippen LogP contribution in [0.5, 0.6) is 0 Å². The molecule has 3 heterocycles. The fourth-order valence-electron chi connectivity index (χ4n) is 5.70. The average Bonchev–Trinajstić information content (AvgIpc) is 3.21. The van der Waals surface area contributed by atoms with E-state index in [-0.39, 0.29) is 17.6 Å². The SMILES string of the molecule is CC(C)(C)OC(=O)N1CCC(c2cccc(C(=O)N3CCC4(CC3)OCc3ccccc34)c2)CC1. The summed E-state index contributed by atoms with van der Waals surface area (Å²) in [5.41, 5.74) is 3.79. The van der Waals surface area contributed by atoms with Crippen LogP contribution in [0.15, 0.2) is 48.5 Å². The van der Waals surface area contributed by atoms with Crippen molar-refractivity contribution < 1.29 is 19.1 Å². The normalized spacial score (nSPS) is 20.1. The van der Waals surface area contributed by atoms with Gasteiger partial charge in [-0.2, -0.15) is 0 Å². The topological polar surface area (TPSA) is 59.1 Å². The van der Waals surface area contributed by atoms with Gasteiger partial charge in [-0.25, -0.2) is 4.79 Å². The molecule has 2 aromatic carbocycles. The third-order valence-electron chi connectivity index (χ3n) is 7.62. The fraction of sp³-hybridized carbons (Fsp3) is 0.517. The van der Waals surface area contributed by atoms with E-state index in [1.807, 2.05) is 37.8 Å². The molecule has 2 saturated heterocycles. The summed E-state index contributed by atoms with van der Waals surface area (Å²) in [6, 6.07) is 16.5. The highest BCUT2D eigenvalue weighted by Crippen LogP contribution is 2.44. The first-order valence-corrected chi connectivity index (χ1v) is 12.8. The predicted molar refractivity (Wildman–Crippen MR) is 134 cm³/mol. The molecule has 0 atom stereocenters. The molecule has 6 nitrogen and oxygen atoms in total. The number of piperidine rings is 2. The highest BCUT2D eigenvalue weighted by Gasteiger charge is 2.43. The number of ether oxygens (including phenoxy) is 2. The zero-order valence-corrected chi connectivity index (χ0v) is 21.1. The van der Waals surface area contributed by atoms with E-state index in [0.717, 1.165) is 31.2 Å². The van der Waals surface area contributed by atoms with Gasteiger partial charge in [0.05, 0.1) is 12.2 Å². The molecule has 0 radical (unpaired) electrons. The van der Waals surface area contributed by atoms with Crippen LogP contribution >= 0.6 is 0 Å². The molecule has 0 saturated carbocycles. The summed E-state index contributed by atoms with van der Waals surface area (Å²) in [6.45, 7) is 9.09. The van der Waals surface area contributed by atoms with Gasteiger partial charge in [0.2, 0.25) is 0 Å². The Kier molecular flexibility index (Phi) is 6.34. The maximum absolute atomic E-state index is 13.4. The van der Waals surface area contributed by atoms with Crippen LogP contribution in [0.4, 0.5) is 4.79 Å². The van der Waals surface area contributed by atoms with Crippen molar-refractivity contribution in [3.8, 4) is 0 Å². The highest BCUT2D eigenvalue weighted by atomic mass is 16.6. The minimum atomic E-state index is -0.482. The van der Waals surface area contributed by atoms with Crippen LogP contribution in [0, 0.1) is 0 Å². The lowest BCUT2D eigenvalue weighted by molar-refractivity contribution is -0.0741. The van der Waals surface area contributed by atoms with E-state index in [1.165, 1.54) is 16.7 Å². The second-order valence-corrected chi connectivity index (χ2v) is 11.1. The number of carbonyl (C=O) groups is 2. The van der Waals surface area contributed by atoms with E-state index in [0.29, 0.717) is 38.7 Å². The standard InChI is InChI=1S/C29H36N2O4/c1-28(2,3)35-27(33)31-15-11-21(12-16-31)22-8-6-9-23(19-22)26(32)30-17-13-29(14-18-30)25-10-5-4-7-24(25)20-34-29/h4-10,19,21H,11-18,20H2,1-3H3. The van der Waals surface area contributed by atoms with Crippen LogP contribution in [0.1, 0.15) is 79.4 Å². The molecule has 35 heavy (non-hydrogen) atoms. The molecule has 3 aliphatic heterocycles. The van der Waals surface area contributed by atoms with Crippen molar-refractivity contribution in [1.82, 2.24) is 9.80 Å². The minimum absolute atomic E-state index is 0.0965. The molecule has 6 heteroatoms. The smallest absolute Gasteiger partial charge is 0.410 e. The van der Waals surface area contributed by atoms with Crippen molar-refractivity contribution in [3.63, 3.8) is 0 Å². The first kappa shape index (κ1) is 23.9. The van der Waals surface area contributed by atoms with Gasteiger partial charge in [0, 0.05) is 31.7 Å². The van der Waals surface area contributed by atoms with Gasteiger partial charge >= 0.3 is 6.09 Å². The van der Waals surface area contributed by atoms with Gasteiger partial charge in [-0.05, 0) is 81.2 Å². The van der Waals surface area contributed by atoms with Gasteiger partial charge < -0.3 is 19.3 Å². The summed E-state index contributed by atoms with van der Waals surface area (Å²) in [6.07, 6.45) is 3.17. The van der Waals surface area contributed by atoms with E-state index < -0.39 is 5.60 Å². The van der Waals surface area contributed by atoms with Gasteiger partial charge in [-0.15, -0.1) is 0 Å². The molecule has 2 fully saturated rings. The Balaban J connectivity index is 1.19. The number of carbonyl (C=O) groups excluding carboxylic acids is 2. The molecule has 0 N–H and O–H groups in total. The van der Waals surface area contributed by atoms with Crippen molar-refractivity contribution in [3.05, 3.63) is 70.8 Å². The fourth-order valence-corrected chi connectivity index (χ4v) is 5.70. The molecule has 0 bridgehead atoms. The van der Waals surface area contributed by atoms with Crippen LogP contribution in [0.3, 0.4) is 0 Å². The maximum Gasteiger partial charge on any atom is 0.410 e. The number of hydrogen-bond acceptors (Lipinski definition) is 4. The summed E-state index contributed by atoms with van der Waals surface area (Å²) >= 11 is 0. The highest BCUT2D eigenvalue weighted by molar-refractivity contribution is 5.94. The summed E-state index contributed by atoms with van der Waals surface area (Å²) < 4.78 is 11.8. The Morgan fingerprint density at radius 3 is 2.37 bits per heavy atom. The van der Waals surface area contributed by atoms with Crippen molar-refractivity contribution in [2.24, 2.45) is 0 Å². The number of amides is 2. The van der Waals surface area contributed by atoms with Crippen molar-refractivity contribution in [2.45, 2.75) is 70.2 Å². The number of hydrogen-bond donors (Lipinski definition) is 0. The van der Waals surface area contributed by atoms with Crippen molar-refractivity contribution in [1.29, 1.82) is 0 Å². The lowest BCUT2D eigenvalue weighted by Crippen LogP contribution is -2.45. The zero-order valence-electron chi connectivity index (χ0n) is 21.1. The molecule has 2 aromatic rings. The zero-order chi connectivity index (χ0) is 24.6. The summed E-state index contributed by atoms with van der Waals surface area (Å²) in [7, 11) is 0. The van der Waals surface area contributed by atoms with Crippen LogP contribution < -0.4 is 0 Å². The first-order valence-electron chi connectivity index (χ1n) is 12.8. The van der Waals surface area contributed by atoms with Crippen molar-refractivity contribution >= 4 is 12.0 Å². The number of likely N-dealkylation sites (tertiary alicyclic amines) is 2. The second kappa shape index (κ2) is 9.30. The molecular weight excluding hydrogens is 440 g/mol. The predicted octanol–water partition coefficient (Wildman–Crippen LogP) is 5.46. The van der Waals surface area contributed by atoms with Gasteiger partial charge in [0.25, 0.3) is 5.91 Å². The summed E-state index contributed by atoms with van der Waals surface area (Å²) in [5, 5.41) is 0. The summed E-state index contributed by atoms with van der Waals surface area (Å²) in [4.78, 5) is 29.5. The number of nitrogens with zero attached hydrogens (tertiary/aromatic N) is 2. The summed E-state index contributed by atoms with van der Waals surface area (Å²) in [5.74, 6) is 0.439. The third kappa shape index (κ3) is 4.94. The lowest BCUT2D eigenvalue weighted by atomic mass is 9.83. The van der Waals surface area contributed by atoms with Gasteiger partial charge in [-0.1, -0.05) is 36.4 Å². The molecule has 186 valence electrons. The molecule has 0 aliphatic carbocycles. The number of fused-ring (bicyclic) bond motifs is 2. The lowest BCUT2D eigenvalue weighted by Gasteiger charge is -2.39. The minimum Gasteiger partial charge on any atom is -0.444 e. The molecular formula is C29H36N2O4. The third-order valence-corrected chi connectivity index (χ3v) is 7.62. The Bertz CT molecular complexity index is 1090. The maximum atomic E-state index is 13.4. The van der Waals surface area contributed by atoms with E-state index in [4.69, 9.17) is 9.47 Å². The molecule has 0 aromatic heterocycles. The number of rotatable bonds is 2. The van der Waals surface area contributed by atoms with E-state index in [9.17, 15) is 9.59 Å². The number of benzene rings is 2. The Hall–Kier alpha value is -2.86. The Morgan fingerprint density at radius 2 is 1.66 bits per heavy atom. The van der Waals surface area contributed by atoms with E-state index in [2.05, 4.69) is 36.4 Å². The van der Waals surface area contributed by atoms with Crippen molar-refractivity contribution in [2.75, 3.05) is 26.2 Å². The van der Waals surface area contributed by atoms with E-state index >= 15 is 0 Å². The largest absolute Gasteiger partial charge is 0.444 e. The Morgan fingerprint density at radius 1 is 0.943 bits per heavy atom. The van der Waals surface area contributed by atoms with Gasteiger partial charge in [-0.3, -0.25) is 4.79 Å². The molecule has 3 aliphatic rings. The van der Waals surface area contributed by atoms with Gasteiger partial charge in [0.1, 0.15) is 5.60 Å². The monoisotopic (exact) mass is 476 g/mol. The van der Waals surface area contributed by atoms with Crippen LogP contribution in [0.2, 0.25) is 0 Å². The molecule has 2 amide bonds. The molecule has 5 rings (SSSR count). The Labute approximate surface area is 208 Å². The van der Waals surface area contributed by atoms with Gasteiger partial charge in [0.15, 0.2) is 0 Å². The first-order chi connectivity index (χ1) is 16.7. The molecule has 0 unspecified atom stereocenters. The second-order valence-electron chi connectivity index (χ2n) is 11.1.